The molecule has 0 amide bonds. The van der Waals surface area contributed by atoms with Gasteiger partial charge in [0.05, 0.1) is 17.1 Å². The zero-order chi connectivity index (χ0) is 14.6. The van der Waals surface area contributed by atoms with Crippen LogP contribution in [0.4, 0.5) is 0 Å². The van der Waals surface area contributed by atoms with E-state index < -0.39 is 15.8 Å². The van der Waals surface area contributed by atoms with E-state index in [1.165, 1.54) is 12.1 Å². The van der Waals surface area contributed by atoms with Crippen molar-refractivity contribution in [2.45, 2.75) is 0 Å². The Labute approximate surface area is 117 Å². The summed E-state index contributed by atoms with van der Waals surface area (Å²) >= 11 is 0. The highest BCUT2D eigenvalue weighted by Crippen LogP contribution is 2.13. The van der Waals surface area contributed by atoms with Gasteiger partial charge in [-0.15, -0.1) is 0 Å². The van der Waals surface area contributed by atoms with Gasteiger partial charge in [0.1, 0.15) is 12.4 Å². The van der Waals surface area contributed by atoms with Crippen molar-refractivity contribution in [2.75, 3.05) is 37.7 Å². The number of nitrogens with zero attached hydrogens (tertiary/aromatic N) is 1. The van der Waals surface area contributed by atoms with E-state index in [-0.39, 0.29) is 17.1 Å². The second kappa shape index (κ2) is 6.23. The molecule has 7 heteroatoms. The predicted octanol–water partition coefficient (Wildman–Crippen LogP) is 0.494. The van der Waals surface area contributed by atoms with E-state index in [0.29, 0.717) is 32.0 Å². The van der Waals surface area contributed by atoms with Crippen LogP contribution in [0.25, 0.3) is 0 Å². The van der Waals surface area contributed by atoms with Gasteiger partial charge in [-0.05, 0) is 18.2 Å². The van der Waals surface area contributed by atoms with Crippen LogP contribution in [-0.4, -0.2) is 62.1 Å². The van der Waals surface area contributed by atoms with Crippen LogP contribution in [0.3, 0.4) is 0 Å². The molecule has 1 aromatic rings. The van der Waals surface area contributed by atoms with Crippen molar-refractivity contribution in [2.24, 2.45) is 0 Å². The Bertz CT molecular complexity index is 570. The van der Waals surface area contributed by atoms with Crippen molar-refractivity contribution < 1.29 is 23.1 Å². The van der Waals surface area contributed by atoms with E-state index in [4.69, 9.17) is 9.84 Å². The van der Waals surface area contributed by atoms with Crippen molar-refractivity contribution in [1.29, 1.82) is 0 Å². The standard InChI is InChI=1S/C13H17NO5S/c15-13(16)11-2-1-3-12(10-11)19-7-4-14-5-8-20(17,18)9-6-14/h1-3,10H,4-9H2,(H,15,16). The molecule has 0 radical (unpaired) electrons. The minimum absolute atomic E-state index is 0.187. The molecule has 20 heavy (non-hydrogen) atoms. The predicted molar refractivity (Wildman–Crippen MR) is 74.0 cm³/mol. The SMILES string of the molecule is O=C(O)c1cccc(OCCN2CCS(=O)(=O)CC2)c1. The van der Waals surface area contributed by atoms with Gasteiger partial charge >= 0.3 is 5.97 Å². The number of aromatic carboxylic acids is 1. The van der Waals surface area contributed by atoms with Crippen molar-refractivity contribution in [3.63, 3.8) is 0 Å². The third-order valence-electron chi connectivity index (χ3n) is 3.19. The van der Waals surface area contributed by atoms with Crippen LogP contribution in [0.1, 0.15) is 10.4 Å². The normalized spacial score (nSPS) is 18.6. The molecule has 1 N–H and O–H groups in total. The van der Waals surface area contributed by atoms with E-state index in [2.05, 4.69) is 0 Å². The average molecular weight is 299 g/mol. The maximum absolute atomic E-state index is 11.3. The summed E-state index contributed by atoms with van der Waals surface area (Å²) in [4.78, 5) is 12.8. The van der Waals surface area contributed by atoms with Crippen LogP contribution in [0.2, 0.25) is 0 Å². The Balaban J connectivity index is 1.79. The summed E-state index contributed by atoms with van der Waals surface area (Å²) in [5.74, 6) is -0.0885. The molecule has 0 unspecified atom stereocenters. The summed E-state index contributed by atoms with van der Waals surface area (Å²) in [5, 5.41) is 8.87. The van der Waals surface area contributed by atoms with Gasteiger partial charge in [0.2, 0.25) is 0 Å². The number of hydrogen-bond acceptors (Lipinski definition) is 5. The summed E-state index contributed by atoms with van der Waals surface area (Å²) in [5.41, 5.74) is 0.187. The Morgan fingerprint density at radius 2 is 2.00 bits per heavy atom. The number of sulfone groups is 1. The minimum Gasteiger partial charge on any atom is -0.492 e. The fraction of sp³-hybridized carbons (Fsp3) is 0.462. The van der Waals surface area contributed by atoms with Gasteiger partial charge in [0.15, 0.2) is 9.84 Å². The lowest BCUT2D eigenvalue weighted by Crippen LogP contribution is -2.42. The van der Waals surface area contributed by atoms with Crippen LogP contribution in [0, 0.1) is 0 Å². The largest absolute Gasteiger partial charge is 0.492 e. The zero-order valence-electron chi connectivity index (χ0n) is 11.0. The van der Waals surface area contributed by atoms with Gasteiger partial charge in [0.25, 0.3) is 0 Å². The third-order valence-corrected chi connectivity index (χ3v) is 4.80. The molecule has 0 atom stereocenters. The first-order valence-corrected chi connectivity index (χ1v) is 8.17. The monoisotopic (exact) mass is 299 g/mol. The number of carbonyl (C=O) groups is 1. The van der Waals surface area contributed by atoms with Gasteiger partial charge in [-0.3, -0.25) is 4.90 Å². The quantitative estimate of drug-likeness (QED) is 0.852. The molecule has 1 aliphatic heterocycles. The maximum atomic E-state index is 11.3. The lowest BCUT2D eigenvalue weighted by atomic mass is 10.2. The van der Waals surface area contributed by atoms with Gasteiger partial charge in [-0.2, -0.15) is 0 Å². The summed E-state index contributed by atoms with van der Waals surface area (Å²) in [6.45, 7) is 2.09. The molecule has 0 aromatic heterocycles. The second-order valence-electron chi connectivity index (χ2n) is 4.67. The molecule has 0 spiro atoms. The highest BCUT2D eigenvalue weighted by molar-refractivity contribution is 7.91. The first-order chi connectivity index (χ1) is 9.46. The average Bonchev–Trinajstić information content (AvgIpc) is 2.41. The smallest absolute Gasteiger partial charge is 0.335 e. The minimum atomic E-state index is -2.86. The van der Waals surface area contributed by atoms with E-state index >= 15 is 0 Å². The van der Waals surface area contributed by atoms with Gasteiger partial charge < -0.3 is 9.84 Å². The number of carboxylic acids is 1. The molecule has 110 valence electrons. The molecule has 1 fully saturated rings. The lowest BCUT2D eigenvalue weighted by molar-refractivity contribution is 0.0696. The number of benzene rings is 1. The number of hydrogen-bond donors (Lipinski definition) is 1. The summed E-state index contributed by atoms with van der Waals surface area (Å²) < 4.78 is 28.1. The molecule has 2 rings (SSSR count). The first-order valence-electron chi connectivity index (χ1n) is 6.35. The molecule has 1 heterocycles. The summed E-state index contributed by atoms with van der Waals surface area (Å²) in [7, 11) is -2.86. The van der Waals surface area contributed by atoms with Crippen molar-refractivity contribution in [3.05, 3.63) is 29.8 Å². The summed E-state index contributed by atoms with van der Waals surface area (Å²) in [6, 6.07) is 6.31. The highest BCUT2D eigenvalue weighted by atomic mass is 32.2. The van der Waals surface area contributed by atoms with E-state index in [9.17, 15) is 13.2 Å². The van der Waals surface area contributed by atoms with E-state index in [0.717, 1.165) is 0 Å². The van der Waals surface area contributed by atoms with Crippen LogP contribution in [-0.2, 0) is 9.84 Å². The van der Waals surface area contributed by atoms with Crippen molar-refractivity contribution in [3.8, 4) is 5.75 Å². The van der Waals surface area contributed by atoms with Gasteiger partial charge in [0, 0.05) is 19.6 Å². The molecule has 0 saturated carbocycles. The molecule has 0 aliphatic carbocycles. The molecular weight excluding hydrogens is 282 g/mol. The van der Waals surface area contributed by atoms with Gasteiger partial charge in [-0.1, -0.05) is 6.07 Å². The zero-order valence-corrected chi connectivity index (χ0v) is 11.8. The fourth-order valence-corrected chi connectivity index (χ4v) is 3.26. The van der Waals surface area contributed by atoms with Crippen LogP contribution >= 0.6 is 0 Å². The Kier molecular flexibility index (Phi) is 4.61. The third kappa shape index (κ3) is 4.21. The topological polar surface area (TPSA) is 83.9 Å². The second-order valence-corrected chi connectivity index (χ2v) is 6.98. The molecule has 1 aliphatic rings. The van der Waals surface area contributed by atoms with E-state index in [1.807, 2.05) is 4.90 Å². The Hall–Kier alpha value is -1.60. The van der Waals surface area contributed by atoms with Crippen LogP contribution in [0.5, 0.6) is 5.75 Å². The Morgan fingerprint density at radius 3 is 2.65 bits per heavy atom. The van der Waals surface area contributed by atoms with E-state index in [1.54, 1.807) is 12.1 Å². The number of rotatable bonds is 5. The molecule has 1 aromatic carbocycles. The molecule has 1 saturated heterocycles. The van der Waals surface area contributed by atoms with Crippen LogP contribution < -0.4 is 4.74 Å². The lowest BCUT2D eigenvalue weighted by Gasteiger charge is -2.26. The van der Waals surface area contributed by atoms with Gasteiger partial charge in [-0.25, -0.2) is 13.2 Å². The van der Waals surface area contributed by atoms with Crippen LogP contribution in [0.15, 0.2) is 24.3 Å². The summed E-state index contributed by atoms with van der Waals surface area (Å²) in [6.07, 6.45) is 0. The molecule has 6 nitrogen and oxygen atoms in total. The molecular formula is C13H17NO5S. The Morgan fingerprint density at radius 1 is 1.30 bits per heavy atom. The highest BCUT2D eigenvalue weighted by Gasteiger charge is 2.21. The number of ether oxygens (including phenoxy) is 1. The fourth-order valence-electron chi connectivity index (χ4n) is 1.99. The number of carboxylic acid groups (broad SMARTS) is 1. The maximum Gasteiger partial charge on any atom is 0.335 e. The van der Waals surface area contributed by atoms with Crippen molar-refractivity contribution in [1.82, 2.24) is 4.90 Å². The molecule has 0 bridgehead atoms. The first kappa shape index (κ1) is 14.8. The van der Waals surface area contributed by atoms with Crippen molar-refractivity contribution >= 4 is 15.8 Å².